The number of halogens is 1. The van der Waals surface area contributed by atoms with Crippen LogP contribution in [0.15, 0.2) is 18.3 Å². The molecule has 0 N–H and O–H groups in total. The molecule has 0 aliphatic carbocycles. The summed E-state index contributed by atoms with van der Waals surface area (Å²) in [6, 6.07) is 2.73. The number of ether oxygens (including phenoxy) is 1. The minimum absolute atomic E-state index is 0.115. The molecule has 2 heterocycles. The van der Waals surface area contributed by atoms with Crippen LogP contribution in [0.2, 0.25) is 0 Å². The molecule has 78 valence electrons. The molecule has 0 amide bonds. The molecule has 0 saturated carbocycles. The molecule has 0 radical (unpaired) electrons. The first-order valence-corrected chi connectivity index (χ1v) is 4.50. The summed E-state index contributed by atoms with van der Waals surface area (Å²) in [5, 5.41) is 0. The third kappa shape index (κ3) is 2.18. The summed E-state index contributed by atoms with van der Waals surface area (Å²) < 4.78 is 17.0. The minimum atomic E-state index is -0.553. The summed E-state index contributed by atoms with van der Waals surface area (Å²) in [5.41, 5.74) is 0.543. The Morgan fingerprint density at radius 1 is 1.27 bits per heavy atom. The van der Waals surface area contributed by atoms with Crippen LogP contribution in [0.25, 0.3) is 0 Å². The normalized spacial score (nSPS) is 17.7. The van der Waals surface area contributed by atoms with Crippen LogP contribution >= 0.6 is 0 Å². The summed E-state index contributed by atoms with van der Waals surface area (Å²) in [6.45, 7) is 0. The second-order valence-electron chi connectivity index (χ2n) is 3.35. The molecular formula is C10H8FNO3. The van der Waals surface area contributed by atoms with Crippen LogP contribution in [0.3, 0.4) is 0 Å². The van der Waals surface area contributed by atoms with Gasteiger partial charge >= 0.3 is 11.9 Å². The van der Waals surface area contributed by atoms with Gasteiger partial charge in [0.15, 0.2) is 0 Å². The van der Waals surface area contributed by atoms with Crippen LogP contribution in [0.5, 0.6) is 0 Å². The lowest BCUT2D eigenvalue weighted by atomic mass is 9.95. The first-order chi connectivity index (χ1) is 7.15. The summed E-state index contributed by atoms with van der Waals surface area (Å²) in [4.78, 5) is 25.8. The van der Waals surface area contributed by atoms with Crippen molar-refractivity contribution in [2.75, 3.05) is 0 Å². The molecule has 1 saturated heterocycles. The van der Waals surface area contributed by atoms with Gasteiger partial charge in [0.25, 0.3) is 0 Å². The largest absolute Gasteiger partial charge is 0.393 e. The molecule has 0 aromatic carbocycles. The van der Waals surface area contributed by atoms with Crippen molar-refractivity contribution in [2.24, 2.45) is 0 Å². The van der Waals surface area contributed by atoms with Gasteiger partial charge < -0.3 is 4.74 Å². The van der Waals surface area contributed by atoms with Gasteiger partial charge in [-0.2, -0.15) is 0 Å². The van der Waals surface area contributed by atoms with Gasteiger partial charge in [-0.05, 0) is 12.1 Å². The Balaban J connectivity index is 2.19. The maximum absolute atomic E-state index is 12.6. The molecule has 1 fully saturated rings. The monoisotopic (exact) mass is 209 g/mol. The van der Waals surface area contributed by atoms with Crippen LogP contribution in [0.4, 0.5) is 4.39 Å². The Morgan fingerprint density at radius 3 is 2.47 bits per heavy atom. The fourth-order valence-electron chi connectivity index (χ4n) is 1.52. The van der Waals surface area contributed by atoms with Crippen molar-refractivity contribution in [2.45, 2.75) is 18.8 Å². The van der Waals surface area contributed by atoms with E-state index >= 15 is 0 Å². The van der Waals surface area contributed by atoms with Crippen molar-refractivity contribution in [1.82, 2.24) is 4.98 Å². The van der Waals surface area contributed by atoms with Gasteiger partial charge in [-0.3, -0.25) is 14.6 Å². The van der Waals surface area contributed by atoms with Gasteiger partial charge in [0, 0.05) is 11.6 Å². The number of pyridine rings is 1. The minimum Gasteiger partial charge on any atom is -0.393 e. The van der Waals surface area contributed by atoms with Crippen LogP contribution in [0.1, 0.15) is 24.5 Å². The van der Waals surface area contributed by atoms with Crippen molar-refractivity contribution in [1.29, 1.82) is 0 Å². The molecule has 1 aliphatic rings. The van der Waals surface area contributed by atoms with Gasteiger partial charge in [0.2, 0.25) is 0 Å². The zero-order chi connectivity index (χ0) is 10.8. The summed E-state index contributed by atoms with van der Waals surface area (Å²) >= 11 is 0. The average molecular weight is 209 g/mol. The zero-order valence-electron chi connectivity index (χ0n) is 7.77. The number of hydrogen-bond acceptors (Lipinski definition) is 4. The van der Waals surface area contributed by atoms with E-state index in [1.54, 1.807) is 0 Å². The van der Waals surface area contributed by atoms with Crippen molar-refractivity contribution < 1.29 is 18.7 Å². The predicted octanol–water partition coefficient (Wildman–Crippen LogP) is 1.17. The molecular weight excluding hydrogens is 201 g/mol. The highest BCUT2D eigenvalue weighted by atomic mass is 19.1. The summed E-state index contributed by atoms with van der Waals surface area (Å²) in [5.74, 6) is -1.84. The van der Waals surface area contributed by atoms with Crippen LogP contribution < -0.4 is 0 Å². The number of carbonyl (C=O) groups excluding carboxylic acids is 2. The number of esters is 2. The fourth-order valence-corrected chi connectivity index (χ4v) is 1.52. The fraction of sp³-hybridized carbons (Fsp3) is 0.300. The first-order valence-electron chi connectivity index (χ1n) is 4.50. The smallest absolute Gasteiger partial charge is 0.314 e. The van der Waals surface area contributed by atoms with Gasteiger partial charge in [-0.25, -0.2) is 4.39 Å². The SMILES string of the molecule is O=C1CC(c2ccc(F)cn2)CC(=O)O1. The van der Waals surface area contributed by atoms with E-state index in [4.69, 9.17) is 0 Å². The van der Waals surface area contributed by atoms with Gasteiger partial charge in [0.05, 0.1) is 19.0 Å². The zero-order valence-corrected chi connectivity index (χ0v) is 7.77. The molecule has 1 aromatic rings. The van der Waals surface area contributed by atoms with Gasteiger partial charge in [-0.1, -0.05) is 0 Å². The number of aromatic nitrogens is 1. The number of rotatable bonds is 1. The van der Waals surface area contributed by atoms with E-state index in [1.807, 2.05) is 0 Å². The number of cyclic esters (lactones) is 2. The quantitative estimate of drug-likeness (QED) is 0.514. The average Bonchev–Trinajstić information content (AvgIpc) is 2.17. The number of carbonyl (C=O) groups is 2. The molecule has 4 nitrogen and oxygen atoms in total. The third-order valence-electron chi connectivity index (χ3n) is 2.22. The highest BCUT2D eigenvalue weighted by molar-refractivity contribution is 5.89. The Labute approximate surface area is 85.1 Å². The first kappa shape index (κ1) is 9.76. The lowest BCUT2D eigenvalue weighted by Gasteiger charge is -2.18. The molecule has 15 heavy (non-hydrogen) atoms. The maximum Gasteiger partial charge on any atom is 0.314 e. The lowest BCUT2D eigenvalue weighted by molar-refractivity contribution is -0.164. The van der Waals surface area contributed by atoms with E-state index < -0.39 is 17.8 Å². The molecule has 0 unspecified atom stereocenters. The van der Waals surface area contributed by atoms with Crippen LogP contribution in [0, 0.1) is 5.82 Å². The van der Waals surface area contributed by atoms with Crippen molar-refractivity contribution >= 4 is 11.9 Å². The van der Waals surface area contributed by atoms with E-state index in [0.29, 0.717) is 5.69 Å². The highest BCUT2D eigenvalue weighted by Crippen LogP contribution is 2.26. The van der Waals surface area contributed by atoms with Gasteiger partial charge in [-0.15, -0.1) is 0 Å². The third-order valence-corrected chi connectivity index (χ3v) is 2.22. The van der Waals surface area contributed by atoms with E-state index in [2.05, 4.69) is 9.72 Å². The Hall–Kier alpha value is -1.78. The topological polar surface area (TPSA) is 56.3 Å². The molecule has 1 aromatic heterocycles. The Kier molecular flexibility index (Phi) is 2.45. The number of nitrogens with zero attached hydrogens (tertiary/aromatic N) is 1. The van der Waals surface area contributed by atoms with Crippen LogP contribution in [-0.2, 0) is 14.3 Å². The lowest BCUT2D eigenvalue weighted by Crippen LogP contribution is -2.24. The second kappa shape index (κ2) is 3.76. The van der Waals surface area contributed by atoms with E-state index in [1.165, 1.54) is 12.1 Å². The van der Waals surface area contributed by atoms with E-state index in [-0.39, 0.29) is 18.8 Å². The molecule has 0 atom stereocenters. The standard InChI is InChI=1S/C10H8FNO3/c11-7-1-2-8(12-5-7)6-3-9(13)15-10(14)4-6/h1-2,5-6H,3-4H2. The number of hydrogen-bond donors (Lipinski definition) is 0. The summed E-state index contributed by atoms with van der Waals surface area (Å²) in [6.07, 6.45) is 1.30. The van der Waals surface area contributed by atoms with Crippen molar-refractivity contribution in [3.63, 3.8) is 0 Å². The van der Waals surface area contributed by atoms with Crippen LogP contribution in [-0.4, -0.2) is 16.9 Å². The van der Waals surface area contributed by atoms with Crippen molar-refractivity contribution in [3.8, 4) is 0 Å². The van der Waals surface area contributed by atoms with E-state index in [9.17, 15) is 14.0 Å². The second-order valence-corrected chi connectivity index (χ2v) is 3.35. The highest BCUT2D eigenvalue weighted by Gasteiger charge is 2.28. The molecule has 5 heteroatoms. The Bertz CT molecular complexity index is 386. The maximum atomic E-state index is 12.6. The van der Waals surface area contributed by atoms with Crippen molar-refractivity contribution in [3.05, 3.63) is 29.8 Å². The molecule has 0 bridgehead atoms. The summed E-state index contributed by atoms with van der Waals surface area (Å²) in [7, 11) is 0. The molecule has 1 aliphatic heterocycles. The Morgan fingerprint density at radius 2 is 1.93 bits per heavy atom. The van der Waals surface area contributed by atoms with E-state index in [0.717, 1.165) is 6.20 Å². The van der Waals surface area contributed by atoms with Gasteiger partial charge in [0.1, 0.15) is 5.82 Å². The predicted molar refractivity (Wildman–Crippen MR) is 47.3 cm³/mol. The molecule has 2 rings (SSSR count). The molecule has 0 spiro atoms.